The maximum Gasteiger partial charge on any atom is 0.412 e. The van der Waals surface area contributed by atoms with E-state index in [9.17, 15) is 9.59 Å². The van der Waals surface area contributed by atoms with Crippen LogP contribution in [0.1, 0.15) is 17.3 Å². The summed E-state index contributed by atoms with van der Waals surface area (Å²) in [7, 11) is 1.26. The smallest absolute Gasteiger partial charge is 0.412 e. The van der Waals surface area contributed by atoms with Crippen molar-refractivity contribution in [3.63, 3.8) is 0 Å². The molecule has 0 saturated heterocycles. The van der Waals surface area contributed by atoms with Crippen LogP contribution < -0.4 is 15.8 Å². The van der Waals surface area contributed by atoms with Gasteiger partial charge in [-0.05, 0) is 17.9 Å². The molecule has 0 aliphatic rings. The Morgan fingerprint density at radius 3 is 2.80 bits per heavy atom. The summed E-state index contributed by atoms with van der Waals surface area (Å²) in [5.41, 5.74) is 6.02. The number of methoxy groups -OCH3 is 1. The summed E-state index contributed by atoms with van der Waals surface area (Å²) in [6.07, 6.45) is -0.601. The zero-order valence-corrected chi connectivity index (χ0v) is 12.3. The van der Waals surface area contributed by atoms with Crippen molar-refractivity contribution in [3.8, 4) is 5.75 Å². The van der Waals surface area contributed by atoms with Crippen LogP contribution in [-0.4, -0.2) is 37.2 Å². The Kier molecular flexibility index (Phi) is 6.72. The van der Waals surface area contributed by atoms with E-state index < -0.39 is 12.1 Å². The summed E-state index contributed by atoms with van der Waals surface area (Å²) in [6, 6.07) is 4.59. The summed E-state index contributed by atoms with van der Waals surface area (Å²) in [4.78, 5) is 23.0. The molecule has 6 nitrogen and oxygen atoms in total. The maximum absolute atomic E-state index is 11.6. The van der Waals surface area contributed by atoms with Gasteiger partial charge in [-0.15, -0.1) is 0 Å². The number of carbonyl (C=O) groups excluding carboxylic acids is 2. The van der Waals surface area contributed by atoms with Gasteiger partial charge in [-0.25, -0.2) is 9.59 Å². The highest BCUT2D eigenvalue weighted by Crippen LogP contribution is 2.25. The van der Waals surface area contributed by atoms with Crippen LogP contribution in [0.4, 0.5) is 10.5 Å². The Morgan fingerprint density at radius 1 is 1.40 bits per heavy atom. The molecule has 0 aliphatic carbocycles. The topological polar surface area (TPSA) is 90.6 Å². The number of amides is 1. The fraction of sp³-hybridized carbons (Fsp3) is 0.385. The van der Waals surface area contributed by atoms with E-state index in [1.165, 1.54) is 19.2 Å². The number of thioether (sulfide) groups is 1. The summed E-state index contributed by atoms with van der Waals surface area (Å²) >= 11 is 1.71. The first-order valence-corrected chi connectivity index (χ1v) is 7.25. The first-order valence-electron chi connectivity index (χ1n) is 6.10. The lowest BCUT2D eigenvalue weighted by molar-refractivity contribution is 0.0601. The van der Waals surface area contributed by atoms with Gasteiger partial charge in [0.25, 0.3) is 0 Å². The van der Waals surface area contributed by atoms with E-state index in [1.54, 1.807) is 17.8 Å². The minimum atomic E-state index is -0.601. The molecule has 0 bridgehead atoms. The Balaban J connectivity index is 2.64. The van der Waals surface area contributed by atoms with Gasteiger partial charge in [0.1, 0.15) is 0 Å². The predicted octanol–water partition coefficient (Wildman–Crippen LogP) is 1.90. The van der Waals surface area contributed by atoms with Crippen LogP contribution >= 0.6 is 11.8 Å². The number of anilines is 1. The predicted molar refractivity (Wildman–Crippen MR) is 79.2 cm³/mol. The number of nitrogens with two attached hydrogens (primary N) is 1. The van der Waals surface area contributed by atoms with Crippen LogP contribution in [0.2, 0.25) is 0 Å². The molecule has 0 aromatic heterocycles. The van der Waals surface area contributed by atoms with Gasteiger partial charge in [0.2, 0.25) is 0 Å². The van der Waals surface area contributed by atoms with Gasteiger partial charge in [0, 0.05) is 12.3 Å². The molecule has 0 saturated carbocycles. The molecule has 1 aromatic carbocycles. The average Bonchev–Trinajstić information content (AvgIpc) is 2.45. The zero-order valence-electron chi connectivity index (χ0n) is 11.5. The maximum atomic E-state index is 11.6. The molecule has 0 aliphatic heterocycles. The molecule has 3 N–H and O–H groups in total. The van der Waals surface area contributed by atoms with Gasteiger partial charge >= 0.3 is 12.1 Å². The number of rotatable bonds is 6. The van der Waals surface area contributed by atoms with Crippen LogP contribution in [0.5, 0.6) is 5.75 Å². The number of nitrogens with one attached hydrogen (secondary N) is 1. The third-order valence-electron chi connectivity index (χ3n) is 2.39. The summed E-state index contributed by atoms with van der Waals surface area (Å²) in [5, 5.41) is 2.60. The average molecular weight is 298 g/mol. The van der Waals surface area contributed by atoms with Crippen LogP contribution in [-0.2, 0) is 4.74 Å². The van der Waals surface area contributed by atoms with Gasteiger partial charge in [-0.2, -0.15) is 11.8 Å². The molecule has 20 heavy (non-hydrogen) atoms. The van der Waals surface area contributed by atoms with Crippen LogP contribution in [0, 0.1) is 0 Å². The van der Waals surface area contributed by atoms with E-state index in [2.05, 4.69) is 10.1 Å². The molecule has 1 aromatic rings. The van der Waals surface area contributed by atoms with Crippen molar-refractivity contribution in [2.24, 2.45) is 0 Å². The molecule has 0 spiro atoms. The Morgan fingerprint density at radius 2 is 2.15 bits per heavy atom. The first kappa shape index (κ1) is 16.2. The molecule has 0 heterocycles. The largest absolute Gasteiger partial charge is 0.465 e. The second-order valence-corrected chi connectivity index (χ2v) is 5.12. The number of hydrogen-bond acceptors (Lipinski definition) is 6. The van der Waals surface area contributed by atoms with Crippen molar-refractivity contribution in [3.05, 3.63) is 23.8 Å². The zero-order chi connectivity index (χ0) is 15.0. The van der Waals surface area contributed by atoms with Crippen LogP contribution in [0.3, 0.4) is 0 Å². The highest BCUT2D eigenvalue weighted by atomic mass is 32.2. The van der Waals surface area contributed by atoms with Gasteiger partial charge in [0.05, 0.1) is 18.4 Å². The summed E-state index contributed by atoms with van der Waals surface area (Å²) in [6.45, 7) is 2.55. The van der Waals surface area contributed by atoms with E-state index in [0.29, 0.717) is 6.54 Å². The molecular formula is C13H18N2O4S. The van der Waals surface area contributed by atoms with E-state index in [0.717, 1.165) is 11.5 Å². The SMILES string of the molecule is CCSCCNC(=O)Oc1cccc(C(=O)OC)c1N. The number of ether oxygens (including phenoxy) is 2. The second-order valence-electron chi connectivity index (χ2n) is 3.72. The van der Waals surface area contributed by atoms with Crippen molar-refractivity contribution in [1.29, 1.82) is 0 Å². The lowest BCUT2D eigenvalue weighted by Gasteiger charge is -2.10. The number of hydrogen-bond donors (Lipinski definition) is 2. The first-order chi connectivity index (χ1) is 9.60. The minimum absolute atomic E-state index is 0.0810. The van der Waals surface area contributed by atoms with Gasteiger partial charge in [-0.1, -0.05) is 13.0 Å². The van der Waals surface area contributed by atoms with Gasteiger partial charge < -0.3 is 20.5 Å². The molecule has 110 valence electrons. The van der Waals surface area contributed by atoms with Crippen molar-refractivity contribution in [2.75, 3.05) is 30.9 Å². The fourth-order valence-electron chi connectivity index (χ4n) is 1.43. The lowest BCUT2D eigenvalue weighted by Crippen LogP contribution is -2.29. The minimum Gasteiger partial charge on any atom is -0.465 e. The highest BCUT2D eigenvalue weighted by molar-refractivity contribution is 7.99. The molecule has 0 radical (unpaired) electrons. The van der Waals surface area contributed by atoms with Crippen LogP contribution in [0.15, 0.2) is 18.2 Å². The van der Waals surface area contributed by atoms with E-state index in [4.69, 9.17) is 10.5 Å². The Hall–Kier alpha value is -1.89. The number of carbonyl (C=O) groups is 2. The molecule has 0 fully saturated rings. The van der Waals surface area contributed by atoms with Gasteiger partial charge in [-0.3, -0.25) is 0 Å². The van der Waals surface area contributed by atoms with Crippen molar-refractivity contribution >= 4 is 29.5 Å². The monoisotopic (exact) mass is 298 g/mol. The van der Waals surface area contributed by atoms with Gasteiger partial charge in [0.15, 0.2) is 5.75 Å². The van der Waals surface area contributed by atoms with E-state index in [1.807, 2.05) is 6.92 Å². The molecule has 1 rings (SSSR count). The molecule has 7 heteroatoms. The number of para-hydroxylation sites is 1. The molecule has 0 unspecified atom stereocenters. The fourth-order valence-corrected chi connectivity index (χ4v) is 1.96. The number of esters is 1. The van der Waals surface area contributed by atoms with Crippen molar-refractivity contribution in [1.82, 2.24) is 5.32 Å². The van der Waals surface area contributed by atoms with E-state index in [-0.39, 0.29) is 17.0 Å². The van der Waals surface area contributed by atoms with Crippen molar-refractivity contribution < 1.29 is 19.1 Å². The molecule has 1 amide bonds. The molecule has 0 atom stereocenters. The Labute approximate surface area is 122 Å². The highest BCUT2D eigenvalue weighted by Gasteiger charge is 2.15. The summed E-state index contributed by atoms with van der Waals surface area (Å²) < 4.78 is 9.66. The third-order valence-corrected chi connectivity index (χ3v) is 3.29. The standard InChI is InChI=1S/C13H18N2O4S/c1-3-20-8-7-15-13(17)19-10-6-4-5-9(11(10)14)12(16)18-2/h4-6H,3,7-8,14H2,1-2H3,(H,15,17). The van der Waals surface area contributed by atoms with Crippen molar-refractivity contribution in [2.45, 2.75) is 6.92 Å². The third kappa shape index (κ3) is 4.65. The normalized spacial score (nSPS) is 9.90. The number of nitrogen functional groups attached to an aromatic ring is 1. The lowest BCUT2D eigenvalue weighted by atomic mass is 10.1. The number of benzene rings is 1. The molecular weight excluding hydrogens is 280 g/mol. The second kappa shape index (κ2) is 8.31. The van der Waals surface area contributed by atoms with Crippen LogP contribution in [0.25, 0.3) is 0 Å². The van der Waals surface area contributed by atoms with E-state index >= 15 is 0 Å². The Bertz CT molecular complexity index is 479. The summed E-state index contributed by atoms with van der Waals surface area (Å²) in [5.74, 6) is 1.36. The quantitative estimate of drug-likeness (QED) is 0.473.